The molecule has 0 aliphatic carbocycles. The van der Waals surface area contributed by atoms with Crippen LogP contribution < -0.4 is 0 Å². The molecule has 0 heterocycles. The van der Waals surface area contributed by atoms with Crippen molar-refractivity contribution in [1.29, 1.82) is 0 Å². The van der Waals surface area contributed by atoms with Crippen LogP contribution in [0.1, 0.15) is 60.3 Å². The average Bonchev–Trinajstić information content (AvgIpc) is 2.09. The van der Waals surface area contributed by atoms with Gasteiger partial charge in [0.1, 0.15) is 6.10 Å². The maximum absolute atomic E-state index is 11.3. The molecule has 3 nitrogen and oxygen atoms in total. The van der Waals surface area contributed by atoms with E-state index in [4.69, 9.17) is 9.78 Å². The Bertz CT molecular complexity index is 182. The van der Waals surface area contributed by atoms with Crippen molar-refractivity contribution in [3.8, 4) is 0 Å². The maximum atomic E-state index is 11.3. The van der Waals surface area contributed by atoms with E-state index < -0.39 is 0 Å². The number of rotatable bonds is 6. The van der Waals surface area contributed by atoms with Gasteiger partial charge in [-0.25, -0.2) is 4.79 Å². The van der Waals surface area contributed by atoms with Crippen LogP contribution >= 0.6 is 0 Å². The van der Waals surface area contributed by atoms with E-state index in [2.05, 4.69) is 6.92 Å². The maximum Gasteiger partial charge on any atom is 0.342 e. The van der Waals surface area contributed by atoms with Crippen molar-refractivity contribution in [2.24, 2.45) is 5.41 Å². The van der Waals surface area contributed by atoms with Gasteiger partial charge >= 0.3 is 5.97 Å². The van der Waals surface area contributed by atoms with E-state index in [0.717, 1.165) is 19.3 Å². The molecule has 0 aromatic heterocycles. The quantitative estimate of drug-likeness (QED) is 0.503. The molecule has 90 valence electrons. The van der Waals surface area contributed by atoms with Crippen molar-refractivity contribution >= 4 is 5.97 Å². The highest BCUT2D eigenvalue weighted by molar-refractivity contribution is 5.69. The van der Waals surface area contributed by atoms with Gasteiger partial charge in [0.15, 0.2) is 0 Å². The van der Waals surface area contributed by atoms with Crippen LogP contribution in [0.3, 0.4) is 0 Å². The summed E-state index contributed by atoms with van der Waals surface area (Å²) in [5.74, 6) is -0.281. The molecule has 1 atom stereocenters. The SMILES string of the molecule is CCCC(CC)OOC(=O)CC(C)(C)C. The first kappa shape index (κ1) is 14.4. The molecule has 0 saturated heterocycles. The van der Waals surface area contributed by atoms with Crippen molar-refractivity contribution in [3.05, 3.63) is 0 Å². The summed E-state index contributed by atoms with van der Waals surface area (Å²) in [6.45, 7) is 10.1. The molecule has 0 aliphatic heterocycles. The van der Waals surface area contributed by atoms with E-state index in [1.807, 2.05) is 27.7 Å². The molecule has 3 heteroatoms. The van der Waals surface area contributed by atoms with Crippen molar-refractivity contribution < 1.29 is 14.6 Å². The van der Waals surface area contributed by atoms with Gasteiger partial charge in [-0.3, -0.25) is 4.89 Å². The van der Waals surface area contributed by atoms with E-state index in [1.165, 1.54) is 0 Å². The van der Waals surface area contributed by atoms with Gasteiger partial charge in [0.05, 0.1) is 6.42 Å². The molecule has 0 spiro atoms. The monoisotopic (exact) mass is 216 g/mol. The Balaban J connectivity index is 3.78. The fraction of sp³-hybridized carbons (Fsp3) is 0.917. The van der Waals surface area contributed by atoms with Gasteiger partial charge in [0.2, 0.25) is 0 Å². The second kappa shape index (κ2) is 6.83. The van der Waals surface area contributed by atoms with Crippen LogP contribution in [-0.4, -0.2) is 12.1 Å². The molecule has 0 aliphatic rings. The minimum atomic E-state index is -0.281. The highest BCUT2D eigenvalue weighted by Gasteiger charge is 2.19. The lowest BCUT2D eigenvalue weighted by Gasteiger charge is -2.17. The third-order valence-electron chi connectivity index (χ3n) is 2.02. The van der Waals surface area contributed by atoms with E-state index in [0.29, 0.717) is 6.42 Å². The molecule has 0 aromatic carbocycles. The molecule has 15 heavy (non-hydrogen) atoms. The van der Waals surface area contributed by atoms with Gasteiger partial charge in [-0.15, -0.1) is 0 Å². The summed E-state index contributed by atoms with van der Waals surface area (Å²) in [5, 5.41) is 0. The standard InChI is InChI=1S/C12H24O3/c1-6-8-10(7-2)14-15-11(13)9-12(3,4)5/h10H,6-9H2,1-5H3. The smallest absolute Gasteiger partial charge is 0.298 e. The van der Waals surface area contributed by atoms with Gasteiger partial charge in [0.25, 0.3) is 0 Å². The Morgan fingerprint density at radius 3 is 2.27 bits per heavy atom. The highest BCUT2D eigenvalue weighted by atomic mass is 17.2. The fourth-order valence-corrected chi connectivity index (χ4v) is 1.23. The Morgan fingerprint density at radius 2 is 1.87 bits per heavy atom. The normalized spacial score (nSPS) is 13.7. The van der Waals surface area contributed by atoms with Crippen LogP contribution in [0.15, 0.2) is 0 Å². The first-order valence-corrected chi connectivity index (χ1v) is 5.75. The lowest BCUT2D eigenvalue weighted by atomic mass is 9.93. The summed E-state index contributed by atoms with van der Waals surface area (Å²) in [5.41, 5.74) is -0.0487. The van der Waals surface area contributed by atoms with Crippen LogP contribution in [-0.2, 0) is 14.6 Å². The summed E-state index contributed by atoms with van der Waals surface area (Å²) in [7, 11) is 0. The molecule has 0 amide bonds. The Morgan fingerprint density at radius 1 is 1.27 bits per heavy atom. The molecule has 0 bridgehead atoms. The molecule has 0 radical (unpaired) electrons. The summed E-state index contributed by atoms with van der Waals surface area (Å²) < 4.78 is 0. The van der Waals surface area contributed by atoms with Crippen LogP contribution in [0.2, 0.25) is 0 Å². The predicted molar refractivity (Wildman–Crippen MR) is 60.2 cm³/mol. The van der Waals surface area contributed by atoms with Crippen molar-refractivity contribution in [2.75, 3.05) is 0 Å². The largest absolute Gasteiger partial charge is 0.342 e. The van der Waals surface area contributed by atoms with Gasteiger partial charge < -0.3 is 0 Å². The topological polar surface area (TPSA) is 35.5 Å². The first-order valence-electron chi connectivity index (χ1n) is 5.75. The Kier molecular flexibility index (Phi) is 6.57. The van der Waals surface area contributed by atoms with Crippen molar-refractivity contribution in [1.82, 2.24) is 0 Å². The van der Waals surface area contributed by atoms with Crippen molar-refractivity contribution in [3.63, 3.8) is 0 Å². The number of hydrogen-bond acceptors (Lipinski definition) is 3. The zero-order chi connectivity index (χ0) is 11.9. The summed E-state index contributed by atoms with van der Waals surface area (Å²) >= 11 is 0. The molecule has 1 unspecified atom stereocenters. The second-order valence-corrected chi connectivity index (χ2v) is 5.11. The molecule has 0 aromatic rings. The van der Waals surface area contributed by atoms with Crippen LogP contribution in [0.25, 0.3) is 0 Å². The lowest BCUT2D eigenvalue weighted by molar-refractivity contribution is -0.300. The molecule has 0 saturated carbocycles. The summed E-state index contributed by atoms with van der Waals surface area (Å²) in [4.78, 5) is 21.2. The van der Waals surface area contributed by atoms with E-state index >= 15 is 0 Å². The van der Waals surface area contributed by atoms with Crippen LogP contribution in [0.4, 0.5) is 0 Å². The number of carbonyl (C=O) groups is 1. The minimum Gasteiger partial charge on any atom is -0.298 e. The molecular weight excluding hydrogens is 192 g/mol. The van der Waals surface area contributed by atoms with Gasteiger partial charge in [-0.05, 0) is 18.3 Å². The second-order valence-electron chi connectivity index (χ2n) is 5.11. The van der Waals surface area contributed by atoms with Crippen molar-refractivity contribution in [2.45, 2.75) is 66.4 Å². The minimum absolute atomic E-state index is 0.0407. The molecule has 0 fully saturated rings. The first-order chi connectivity index (χ1) is 6.89. The predicted octanol–water partition coefficient (Wildman–Crippen LogP) is 3.48. The van der Waals surface area contributed by atoms with Gasteiger partial charge in [0, 0.05) is 0 Å². The molecule has 0 N–H and O–H groups in total. The Labute approximate surface area is 93.1 Å². The fourth-order valence-electron chi connectivity index (χ4n) is 1.23. The lowest BCUT2D eigenvalue weighted by Crippen LogP contribution is -2.19. The summed E-state index contributed by atoms with van der Waals surface area (Å²) in [6, 6.07) is 0. The highest BCUT2D eigenvalue weighted by Crippen LogP contribution is 2.19. The zero-order valence-electron chi connectivity index (χ0n) is 10.6. The van der Waals surface area contributed by atoms with Crippen LogP contribution in [0, 0.1) is 5.41 Å². The molecule has 0 rings (SSSR count). The summed E-state index contributed by atoms with van der Waals surface area (Å²) in [6.07, 6.45) is 3.26. The van der Waals surface area contributed by atoms with E-state index in [-0.39, 0.29) is 17.5 Å². The van der Waals surface area contributed by atoms with E-state index in [9.17, 15) is 4.79 Å². The third-order valence-corrected chi connectivity index (χ3v) is 2.02. The number of carbonyl (C=O) groups excluding carboxylic acids is 1. The zero-order valence-corrected chi connectivity index (χ0v) is 10.6. The Hall–Kier alpha value is -0.570. The third kappa shape index (κ3) is 8.43. The van der Waals surface area contributed by atoms with E-state index in [1.54, 1.807) is 0 Å². The van der Waals surface area contributed by atoms with Gasteiger partial charge in [-0.2, -0.15) is 4.89 Å². The van der Waals surface area contributed by atoms with Crippen LogP contribution in [0.5, 0.6) is 0 Å². The average molecular weight is 216 g/mol. The molecular formula is C12H24O3. The van der Waals surface area contributed by atoms with Gasteiger partial charge in [-0.1, -0.05) is 41.0 Å². The number of hydrogen-bond donors (Lipinski definition) is 0.